The number of halogens is 1. The van der Waals surface area contributed by atoms with Crippen molar-refractivity contribution in [3.05, 3.63) is 100 Å². The van der Waals surface area contributed by atoms with Crippen LogP contribution in [-0.4, -0.2) is 0 Å². The Morgan fingerprint density at radius 1 is 0.692 bits per heavy atom. The van der Waals surface area contributed by atoms with Crippen LogP contribution in [0.15, 0.2) is 67.0 Å². The molecule has 4 bridgehead atoms. The molecule has 132 valence electrons. The predicted molar refractivity (Wildman–Crippen MR) is 104 cm³/mol. The molecule has 0 unspecified atom stereocenters. The molecule has 4 aliphatic carbocycles. The predicted octanol–water partition coefficient (Wildman–Crippen LogP) is 1.57. The molecule has 3 aromatic rings. The quantitative estimate of drug-likeness (QED) is 0.410. The van der Waals surface area contributed by atoms with Crippen molar-refractivity contribution in [1.82, 2.24) is 0 Å². The molecule has 1 nitrogen and oxygen atoms in total. The zero-order valence-electron chi connectivity index (χ0n) is 15.2. The fourth-order valence-electron chi connectivity index (χ4n) is 3.43. The maximum absolute atomic E-state index is 2.38. The lowest BCUT2D eigenvalue weighted by molar-refractivity contribution is -0.671. The third-order valence-corrected chi connectivity index (χ3v) is 5.08. The highest BCUT2D eigenvalue weighted by atomic mass is 127. The van der Waals surface area contributed by atoms with E-state index in [4.69, 9.17) is 0 Å². The normalized spacial score (nSPS) is 13.3. The Balaban J connectivity index is 0.00000196. The van der Waals surface area contributed by atoms with Gasteiger partial charge in [-0.25, -0.2) is 4.57 Å². The summed E-state index contributed by atoms with van der Waals surface area (Å²) in [7, 11) is 2.05. The molecule has 0 saturated heterocycles. The van der Waals surface area contributed by atoms with Crippen LogP contribution in [0.3, 0.4) is 0 Å². The average molecular weight is 453 g/mol. The third kappa shape index (κ3) is 4.61. The van der Waals surface area contributed by atoms with Gasteiger partial charge in [-0.2, -0.15) is 0 Å². The molecule has 26 heavy (non-hydrogen) atoms. The molecule has 0 amide bonds. The Labute approximate surface area is 173 Å². The van der Waals surface area contributed by atoms with Gasteiger partial charge in [0.2, 0.25) is 0 Å². The SMILES string of the molecule is C[n+]1ccc(/C=C/c2cc3ccc2CCc2ccc(cc2)CC3)cc1.[I-]. The van der Waals surface area contributed by atoms with Gasteiger partial charge in [0.25, 0.3) is 0 Å². The number of aromatic nitrogens is 1. The van der Waals surface area contributed by atoms with Crippen LogP contribution < -0.4 is 28.5 Å². The second-order valence-corrected chi connectivity index (χ2v) is 6.98. The van der Waals surface area contributed by atoms with Gasteiger partial charge in [-0.05, 0) is 59.1 Å². The van der Waals surface area contributed by atoms with Crippen LogP contribution in [0.1, 0.15) is 33.4 Å². The molecule has 0 spiro atoms. The van der Waals surface area contributed by atoms with Crippen molar-refractivity contribution in [1.29, 1.82) is 0 Å². The molecule has 1 heterocycles. The first kappa shape index (κ1) is 18.8. The smallest absolute Gasteiger partial charge is 0.169 e. The Morgan fingerprint density at radius 3 is 1.96 bits per heavy atom. The van der Waals surface area contributed by atoms with Crippen LogP contribution in [0.2, 0.25) is 0 Å². The molecule has 0 radical (unpaired) electrons. The van der Waals surface area contributed by atoms with E-state index in [9.17, 15) is 0 Å². The Bertz CT molecular complexity index is 892. The van der Waals surface area contributed by atoms with Gasteiger partial charge < -0.3 is 24.0 Å². The minimum Gasteiger partial charge on any atom is -1.00 e. The summed E-state index contributed by atoms with van der Waals surface area (Å²) >= 11 is 0. The summed E-state index contributed by atoms with van der Waals surface area (Å²) in [5.74, 6) is 0. The summed E-state index contributed by atoms with van der Waals surface area (Å²) < 4.78 is 2.06. The second-order valence-electron chi connectivity index (χ2n) is 6.98. The van der Waals surface area contributed by atoms with Gasteiger partial charge in [-0.1, -0.05) is 54.6 Å². The van der Waals surface area contributed by atoms with Crippen LogP contribution >= 0.6 is 0 Å². The number of nitrogens with zero attached hydrogens (tertiary/aromatic N) is 1. The van der Waals surface area contributed by atoms with Crippen molar-refractivity contribution in [2.24, 2.45) is 7.05 Å². The lowest BCUT2D eigenvalue weighted by Crippen LogP contribution is -3.00. The fraction of sp³-hybridized carbons (Fsp3) is 0.208. The van der Waals surface area contributed by atoms with Crippen molar-refractivity contribution >= 4 is 12.2 Å². The van der Waals surface area contributed by atoms with Crippen molar-refractivity contribution in [3.8, 4) is 0 Å². The summed E-state index contributed by atoms with van der Waals surface area (Å²) in [6, 6.07) is 20.5. The number of benzene rings is 2. The molecular weight excluding hydrogens is 429 g/mol. The molecular formula is C24H24IN. The number of hydrogen-bond donors (Lipinski definition) is 0. The van der Waals surface area contributed by atoms with E-state index in [2.05, 4.69) is 83.7 Å². The van der Waals surface area contributed by atoms with Gasteiger partial charge in [-0.3, -0.25) is 0 Å². The monoisotopic (exact) mass is 453 g/mol. The van der Waals surface area contributed by atoms with Crippen LogP contribution in [-0.2, 0) is 32.7 Å². The summed E-state index contributed by atoms with van der Waals surface area (Å²) in [6.45, 7) is 0. The van der Waals surface area contributed by atoms with Crippen molar-refractivity contribution < 1.29 is 28.5 Å². The zero-order chi connectivity index (χ0) is 17.1. The first-order valence-electron chi connectivity index (χ1n) is 9.09. The zero-order valence-corrected chi connectivity index (χ0v) is 17.3. The standard InChI is InChI=1S/C24H24N.HI/c1-25-16-14-21(15-17-25)9-13-24-18-22-7-6-19-2-4-20(5-3-19)8-11-23(24)12-10-22;/h2-5,9-10,12-18H,6-8,11H2,1H3;1H/q+1;/p-1/b13-9+;. The average Bonchev–Trinajstić information content (AvgIpc) is 2.64. The summed E-state index contributed by atoms with van der Waals surface area (Å²) in [4.78, 5) is 0. The number of hydrogen-bond acceptors (Lipinski definition) is 0. The van der Waals surface area contributed by atoms with Crippen LogP contribution in [0.25, 0.3) is 12.2 Å². The molecule has 2 heteroatoms. The van der Waals surface area contributed by atoms with E-state index in [0.29, 0.717) is 0 Å². The van der Waals surface area contributed by atoms with Gasteiger partial charge in [0, 0.05) is 12.1 Å². The number of pyridine rings is 1. The highest BCUT2D eigenvalue weighted by molar-refractivity contribution is 5.71. The van der Waals surface area contributed by atoms with Gasteiger partial charge in [0.05, 0.1) is 0 Å². The van der Waals surface area contributed by atoms with E-state index >= 15 is 0 Å². The second kappa shape index (κ2) is 8.63. The largest absolute Gasteiger partial charge is 1.00 e. The molecule has 0 N–H and O–H groups in total. The van der Waals surface area contributed by atoms with Gasteiger partial charge in [0.1, 0.15) is 7.05 Å². The van der Waals surface area contributed by atoms with E-state index in [1.54, 1.807) is 0 Å². The van der Waals surface area contributed by atoms with Gasteiger partial charge in [-0.15, -0.1) is 0 Å². The Kier molecular flexibility index (Phi) is 6.25. The van der Waals surface area contributed by atoms with Gasteiger partial charge >= 0.3 is 0 Å². The first-order chi connectivity index (χ1) is 12.3. The van der Waals surface area contributed by atoms with E-state index in [0.717, 1.165) is 25.7 Å². The maximum atomic E-state index is 2.38. The summed E-state index contributed by atoms with van der Waals surface area (Å²) in [6.07, 6.45) is 13.1. The summed E-state index contributed by atoms with van der Waals surface area (Å²) in [5.41, 5.74) is 8.33. The molecule has 0 fully saturated rings. The van der Waals surface area contributed by atoms with Crippen molar-refractivity contribution in [3.63, 3.8) is 0 Å². The Morgan fingerprint density at radius 2 is 1.27 bits per heavy atom. The van der Waals surface area contributed by atoms with Crippen LogP contribution in [0, 0.1) is 0 Å². The van der Waals surface area contributed by atoms with E-state index in [1.807, 2.05) is 7.05 Å². The molecule has 4 aliphatic rings. The Hall–Kier alpha value is -1.94. The molecule has 2 aromatic carbocycles. The number of aryl methyl sites for hydroxylation is 5. The van der Waals surface area contributed by atoms with Crippen LogP contribution in [0.5, 0.6) is 0 Å². The maximum Gasteiger partial charge on any atom is 0.169 e. The third-order valence-electron chi connectivity index (χ3n) is 5.08. The fourth-order valence-corrected chi connectivity index (χ4v) is 3.43. The lowest BCUT2D eigenvalue weighted by atomic mass is 9.93. The van der Waals surface area contributed by atoms with E-state index < -0.39 is 0 Å². The van der Waals surface area contributed by atoms with E-state index in [-0.39, 0.29) is 24.0 Å². The molecule has 0 aliphatic heterocycles. The molecule has 1 aromatic heterocycles. The number of rotatable bonds is 2. The highest BCUT2D eigenvalue weighted by Crippen LogP contribution is 2.21. The summed E-state index contributed by atoms with van der Waals surface area (Å²) in [5, 5.41) is 0. The van der Waals surface area contributed by atoms with Gasteiger partial charge in [0.15, 0.2) is 12.4 Å². The topological polar surface area (TPSA) is 3.88 Å². The minimum absolute atomic E-state index is 0. The first-order valence-corrected chi connectivity index (χ1v) is 9.09. The highest BCUT2D eigenvalue weighted by Gasteiger charge is 2.06. The lowest BCUT2D eigenvalue weighted by Gasteiger charge is -2.12. The van der Waals surface area contributed by atoms with Crippen molar-refractivity contribution in [2.45, 2.75) is 25.7 Å². The van der Waals surface area contributed by atoms with Crippen molar-refractivity contribution in [2.75, 3.05) is 0 Å². The molecule has 7 rings (SSSR count). The van der Waals surface area contributed by atoms with Crippen LogP contribution in [0.4, 0.5) is 0 Å². The molecule has 0 saturated carbocycles. The van der Waals surface area contributed by atoms with E-state index in [1.165, 1.54) is 33.4 Å². The minimum atomic E-state index is 0. The molecule has 0 atom stereocenters.